The summed E-state index contributed by atoms with van der Waals surface area (Å²) in [4.78, 5) is 11.2. The summed E-state index contributed by atoms with van der Waals surface area (Å²) in [6.07, 6.45) is 0. The van der Waals surface area contributed by atoms with E-state index in [1.54, 1.807) is 12.1 Å². The Bertz CT molecular complexity index is 483. The molecule has 0 saturated carbocycles. The molecule has 0 saturated heterocycles. The largest absolute Gasteiger partial charge is 0.324 e. The Balaban J connectivity index is 2.23. The van der Waals surface area contributed by atoms with Crippen molar-refractivity contribution in [3.05, 3.63) is 40.6 Å². The maximum Gasteiger partial charge on any atom is 0.232 e. The molecule has 0 unspecified atom stereocenters. The van der Waals surface area contributed by atoms with E-state index in [0.29, 0.717) is 5.69 Å². The van der Waals surface area contributed by atoms with E-state index in [1.807, 2.05) is 0 Å². The SMILES string of the molecule is Fc1ccc(Nc2nc(Cl)nc(Cl)n2)cc1. The van der Waals surface area contributed by atoms with Gasteiger partial charge in [0.15, 0.2) is 0 Å². The minimum absolute atomic E-state index is 0.00962. The fourth-order valence-electron chi connectivity index (χ4n) is 1.04. The molecule has 0 bridgehead atoms. The topological polar surface area (TPSA) is 50.7 Å². The molecular weight excluding hydrogens is 254 g/mol. The predicted molar refractivity (Wildman–Crippen MR) is 59.5 cm³/mol. The minimum Gasteiger partial charge on any atom is -0.324 e. The molecule has 0 spiro atoms. The van der Waals surface area contributed by atoms with Crippen LogP contribution in [0.4, 0.5) is 16.0 Å². The smallest absolute Gasteiger partial charge is 0.232 e. The van der Waals surface area contributed by atoms with Gasteiger partial charge in [-0.05, 0) is 47.5 Å². The summed E-state index contributed by atoms with van der Waals surface area (Å²) < 4.78 is 12.6. The summed E-state index contributed by atoms with van der Waals surface area (Å²) in [5.74, 6) is -0.117. The first-order valence-electron chi connectivity index (χ1n) is 4.23. The summed E-state index contributed by atoms with van der Waals surface area (Å²) in [6, 6.07) is 5.71. The zero-order valence-electron chi connectivity index (χ0n) is 7.78. The number of hydrogen-bond donors (Lipinski definition) is 1. The van der Waals surface area contributed by atoms with Gasteiger partial charge in [0, 0.05) is 5.69 Å². The van der Waals surface area contributed by atoms with E-state index in [9.17, 15) is 4.39 Å². The molecule has 7 heteroatoms. The molecule has 4 nitrogen and oxygen atoms in total. The first-order valence-corrected chi connectivity index (χ1v) is 4.99. The van der Waals surface area contributed by atoms with Crippen LogP contribution in [0.1, 0.15) is 0 Å². The number of nitrogens with one attached hydrogen (secondary N) is 1. The molecule has 1 aromatic heterocycles. The molecule has 16 heavy (non-hydrogen) atoms. The van der Waals surface area contributed by atoms with Crippen molar-refractivity contribution in [2.45, 2.75) is 0 Å². The van der Waals surface area contributed by atoms with Crippen molar-refractivity contribution >= 4 is 34.8 Å². The summed E-state index contributed by atoms with van der Waals surface area (Å²) in [7, 11) is 0. The molecule has 0 amide bonds. The van der Waals surface area contributed by atoms with Crippen LogP contribution in [0.25, 0.3) is 0 Å². The van der Waals surface area contributed by atoms with Gasteiger partial charge in [-0.2, -0.15) is 15.0 Å². The Labute approximate surface area is 100 Å². The van der Waals surface area contributed by atoms with Crippen LogP contribution >= 0.6 is 23.2 Å². The van der Waals surface area contributed by atoms with Crippen molar-refractivity contribution in [1.82, 2.24) is 15.0 Å². The van der Waals surface area contributed by atoms with Gasteiger partial charge in [-0.15, -0.1) is 0 Å². The first kappa shape index (κ1) is 11.0. The normalized spacial score (nSPS) is 10.2. The second kappa shape index (κ2) is 4.59. The van der Waals surface area contributed by atoms with Crippen LogP contribution in [0.5, 0.6) is 0 Å². The molecule has 2 aromatic rings. The summed E-state index contributed by atoms with van der Waals surface area (Å²) >= 11 is 11.2. The van der Waals surface area contributed by atoms with Gasteiger partial charge in [-0.3, -0.25) is 0 Å². The van der Waals surface area contributed by atoms with E-state index in [4.69, 9.17) is 23.2 Å². The van der Waals surface area contributed by atoms with Crippen LogP contribution in [0, 0.1) is 5.82 Å². The summed E-state index contributed by atoms with van der Waals surface area (Å²) in [5, 5.41) is 2.80. The number of hydrogen-bond acceptors (Lipinski definition) is 4. The van der Waals surface area contributed by atoms with E-state index >= 15 is 0 Å². The lowest BCUT2D eigenvalue weighted by Crippen LogP contribution is -1.99. The molecule has 0 aliphatic heterocycles. The minimum atomic E-state index is -0.322. The molecule has 2 rings (SSSR count). The number of halogens is 3. The molecule has 0 radical (unpaired) electrons. The Morgan fingerprint density at radius 2 is 1.50 bits per heavy atom. The van der Waals surface area contributed by atoms with Crippen LogP contribution in [0.3, 0.4) is 0 Å². The van der Waals surface area contributed by atoms with Crippen LogP contribution < -0.4 is 5.32 Å². The van der Waals surface area contributed by atoms with Gasteiger partial charge in [-0.1, -0.05) is 0 Å². The van der Waals surface area contributed by atoms with Gasteiger partial charge in [0.2, 0.25) is 16.5 Å². The Morgan fingerprint density at radius 3 is 2.06 bits per heavy atom. The molecule has 1 aromatic carbocycles. The Morgan fingerprint density at radius 1 is 0.938 bits per heavy atom. The lowest BCUT2D eigenvalue weighted by Gasteiger charge is -2.04. The Kier molecular flexibility index (Phi) is 3.17. The summed E-state index contributed by atoms with van der Waals surface area (Å²) in [6.45, 7) is 0. The number of aromatic nitrogens is 3. The lowest BCUT2D eigenvalue weighted by molar-refractivity contribution is 0.628. The quantitative estimate of drug-likeness (QED) is 0.900. The van der Waals surface area contributed by atoms with Crippen molar-refractivity contribution in [1.29, 1.82) is 0 Å². The van der Waals surface area contributed by atoms with Crippen LogP contribution in [0.15, 0.2) is 24.3 Å². The summed E-state index contributed by atoms with van der Waals surface area (Å²) in [5.41, 5.74) is 0.625. The fourth-order valence-corrected chi connectivity index (χ4v) is 1.41. The van der Waals surface area contributed by atoms with E-state index in [-0.39, 0.29) is 22.3 Å². The van der Waals surface area contributed by atoms with Gasteiger partial charge in [-0.25, -0.2) is 4.39 Å². The van der Waals surface area contributed by atoms with E-state index in [2.05, 4.69) is 20.3 Å². The highest BCUT2D eigenvalue weighted by Crippen LogP contribution is 2.15. The number of anilines is 2. The second-order valence-corrected chi connectivity index (χ2v) is 3.51. The van der Waals surface area contributed by atoms with Gasteiger partial charge in [0.05, 0.1) is 0 Å². The molecule has 82 valence electrons. The zero-order valence-corrected chi connectivity index (χ0v) is 9.30. The predicted octanol–water partition coefficient (Wildman–Crippen LogP) is 3.06. The van der Waals surface area contributed by atoms with Crippen molar-refractivity contribution in [3.63, 3.8) is 0 Å². The molecule has 0 atom stereocenters. The standard InChI is InChI=1S/C9H5Cl2FN4/c10-7-14-8(11)16-9(15-7)13-6-3-1-5(12)2-4-6/h1-4H,(H,13,14,15,16). The third-order valence-corrected chi connectivity index (χ3v) is 2.02. The number of nitrogens with zero attached hydrogens (tertiary/aromatic N) is 3. The second-order valence-electron chi connectivity index (χ2n) is 2.83. The maximum atomic E-state index is 12.6. The zero-order chi connectivity index (χ0) is 11.5. The third-order valence-electron chi connectivity index (χ3n) is 1.68. The van der Waals surface area contributed by atoms with E-state index in [0.717, 1.165) is 0 Å². The average molecular weight is 259 g/mol. The fraction of sp³-hybridized carbons (Fsp3) is 0. The Hall–Kier alpha value is -1.46. The van der Waals surface area contributed by atoms with Crippen molar-refractivity contribution in [2.24, 2.45) is 0 Å². The molecule has 0 aliphatic rings. The van der Waals surface area contributed by atoms with E-state index in [1.165, 1.54) is 12.1 Å². The number of rotatable bonds is 2. The van der Waals surface area contributed by atoms with Crippen LogP contribution in [-0.4, -0.2) is 15.0 Å². The van der Waals surface area contributed by atoms with Crippen LogP contribution in [0.2, 0.25) is 10.6 Å². The molecule has 0 aliphatic carbocycles. The monoisotopic (exact) mass is 258 g/mol. The third kappa shape index (κ3) is 2.77. The molecule has 1 N–H and O–H groups in total. The van der Waals surface area contributed by atoms with Gasteiger partial charge in [0.1, 0.15) is 5.82 Å². The highest BCUT2D eigenvalue weighted by Gasteiger charge is 2.03. The highest BCUT2D eigenvalue weighted by atomic mass is 35.5. The first-order chi connectivity index (χ1) is 7.63. The maximum absolute atomic E-state index is 12.6. The number of benzene rings is 1. The lowest BCUT2D eigenvalue weighted by atomic mass is 10.3. The molecular formula is C9H5Cl2FN4. The van der Waals surface area contributed by atoms with E-state index < -0.39 is 0 Å². The van der Waals surface area contributed by atoms with Crippen molar-refractivity contribution < 1.29 is 4.39 Å². The van der Waals surface area contributed by atoms with Crippen molar-refractivity contribution in [3.8, 4) is 0 Å². The molecule has 1 heterocycles. The van der Waals surface area contributed by atoms with Crippen molar-refractivity contribution in [2.75, 3.05) is 5.32 Å². The van der Waals surface area contributed by atoms with Gasteiger partial charge in [0.25, 0.3) is 0 Å². The van der Waals surface area contributed by atoms with Gasteiger partial charge < -0.3 is 5.32 Å². The molecule has 0 fully saturated rings. The highest BCUT2D eigenvalue weighted by molar-refractivity contribution is 6.31. The van der Waals surface area contributed by atoms with Gasteiger partial charge >= 0.3 is 0 Å². The van der Waals surface area contributed by atoms with Crippen LogP contribution in [-0.2, 0) is 0 Å². The average Bonchev–Trinajstić information content (AvgIpc) is 2.20.